The van der Waals surface area contributed by atoms with Crippen molar-refractivity contribution in [2.45, 2.75) is 76.1 Å². The van der Waals surface area contributed by atoms with Crippen molar-refractivity contribution < 1.29 is 27.5 Å². The molecule has 5 aliphatic rings. The van der Waals surface area contributed by atoms with Crippen molar-refractivity contribution in [2.75, 3.05) is 63.9 Å². The Balaban J connectivity index is 1.19. The van der Waals surface area contributed by atoms with Gasteiger partial charge in [0.05, 0.1) is 30.3 Å². The first-order valence-electron chi connectivity index (χ1n) is 19.1. The lowest BCUT2D eigenvalue weighted by Crippen LogP contribution is -2.50. The molecule has 2 bridgehead atoms. The third-order valence-electron chi connectivity index (χ3n) is 12.5. The van der Waals surface area contributed by atoms with E-state index in [1.54, 1.807) is 19.9 Å². The highest BCUT2D eigenvalue weighted by Gasteiger charge is 2.44. The highest BCUT2D eigenvalue weighted by molar-refractivity contribution is 7.90. The zero-order valence-electron chi connectivity index (χ0n) is 30.7. The fourth-order valence-corrected chi connectivity index (χ4v) is 10.4. The average molecular weight is 753 g/mol. The largest absolute Gasteiger partial charge is 0.490 e. The Morgan fingerprint density at radius 1 is 1.10 bits per heavy atom. The predicted molar refractivity (Wildman–Crippen MR) is 204 cm³/mol. The number of rotatable bonds is 4. The number of hydrogen-bond donors (Lipinski definition) is 1. The van der Waals surface area contributed by atoms with Crippen molar-refractivity contribution in [2.24, 2.45) is 17.8 Å². The van der Waals surface area contributed by atoms with Gasteiger partial charge in [0.2, 0.25) is 15.9 Å². The van der Waals surface area contributed by atoms with Gasteiger partial charge in [0, 0.05) is 68.7 Å². The number of benzene rings is 2. The Morgan fingerprint density at radius 2 is 1.90 bits per heavy atom. The van der Waals surface area contributed by atoms with Crippen LogP contribution < -0.4 is 14.4 Å². The van der Waals surface area contributed by atoms with Gasteiger partial charge in [0.1, 0.15) is 5.75 Å². The number of amides is 2. The van der Waals surface area contributed by atoms with Gasteiger partial charge in [-0.05, 0) is 105 Å². The quantitative estimate of drug-likeness (QED) is 0.412. The van der Waals surface area contributed by atoms with E-state index in [9.17, 15) is 18.0 Å². The molecule has 1 saturated carbocycles. The maximum Gasteiger partial charge on any atom is 0.264 e. The maximum absolute atomic E-state index is 13.6. The summed E-state index contributed by atoms with van der Waals surface area (Å²) in [5.74, 6) is 0.632. The number of carbonyl (C=O) groups is 2. The minimum Gasteiger partial charge on any atom is -0.490 e. The molecule has 1 spiro atoms. The molecule has 52 heavy (non-hydrogen) atoms. The van der Waals surface area contributed by atoms with Crippen molar-refractivity contribution in [1.82, 2.24) is 14.5 Å². The predicted octanol–water partition coefficient (Wildman–Crippen LogP) is 5.43. The van der Waals surface area contributed by atoms with Gasteiger partial charge in [-0.2, -0.15) is 0 Å². The molecule has 1 N–H and O–H groups in total. The van der Waals surface area contributed by atoms with Crippen LogP contribution in [-0.2, 0) is 31.4 Å². The summed E-state index contributed by atoms with van der Waals surface area (Å²) in [4.78, 5) is 32.0. The molecule has 2 amide bonds. The van der Waals surface area contributed by atoms with Crippen LogP contribution in [0.25, 0.3) is 0 Å². The Kier molecular flexibility index (Phi) is 11.0. The highest BCUT2D eigenvalue weighted by Crippen LogP contribution is 2.47. The molecule has 3 heterocycles. The SMILES string of the molecule is CC(=O)N1CCN(CCOC2/C=C/CC(C)C(C)S(=O)(=O)NC(=O)c3ccc4c(c3)N(CC3CCC32)CC2(CCCc3cc(Cl)ccc32)CO4)CC1. The van der Waals surface area contributed by atoms with Crippen LogP contribution >= 0.6 is 11.6 Å². The molecule has 2 aliphatic carbocycles. The Bertz CT molecular complexity index is 1800. The lowest BCUT2D eigenvalue weighted by atomic mass is 9.68. The number of aryl methyl sites for hydroxylation is 1. The van der Waals surface area contributed by atoms with Gasteiger partial charge < -0.3 is 19.3 Å². The monoisotopic (exact) mass is 752 g/mol. The summed E-state index contributed by atoms with van der Waals surface area (Å²) in [6, 6.07) is 11.5. The first kappa shape index (κ1) is 37.2. The molecule has 10 nitrogen and oxygen atoms in total. The third kappa shape index (κ3) is 7.74. The van der Waals surface area contributed by atoms with Crippen molar-refractivity contribution in [3.8, 4) is 5.75 Å². The van der Waals surface area contributed by atoms with E-state index in [0.717, 1.165) is 82.1 Å². The van der Waals surface area contributed by atoms with Gasteiger partial charge in [-0.1, -0.05) is 36.7 Å². The van der Waals surface area contributed by atoms with E-state index in [2.05, 4.69) is 38.8 Å². The Morgan fingerprint density at radius 3 is 2.65 bits per heavy atom. The maximum atomic E-state index is 13.6. The minimum atomic E-state index is -3.95. The van der Waals surface area contributed by atoms with Gasteiger partial charge in [0.15, 0.2) is 0 Å². The Hall–Kier alpha value is -3.12. The molecule has 3 aliphatic heterocycles. The number of ether oxygens (including phenoxy) is 2. The van der Waals surface area contributed by atoms with Crippen molar-refractivity contribution in [1.29, 1.82) is 0 Å². The van der Waals surface area contributed by atoms with Gasteiger partial charge in [-0.15, -0.1) is 0 Å². The van der Waals surface area contributed by atoms with Crippen LogP contribution in [0.15, 0.2) is 48.6 Å². The van der Waals surface area contributed by atoms with Gasteiger partial charge in [-0.3, -0.25) is 14.5 Å². The van der Waals surface area contributed by atoms with Crippen LogP contribution in [0.1, 0.15) is 74.4 Å². The molecular weight excluding hydrogens is 700 g/mol. The molecule has 2 aromatic rings. The summed E-state index contributed by atoms with van der Waals surface area (Å²) in [6.45, 7) is 11.7. The summed E-state index contributed by atoms with van der Waals surface area (Å²) in [6.07, 6.45) is 9.77. The summed E-state index contributed by atoms with van der Waals surface area (Å²) < 4.78 is 42.7. The van der Waals surface area contributed by atoms with Gasteiger partial charge in [0.25, 0.3) is 5.91 Å². The fraction of sp³-hybridized carbons (Fsp3) is 0.600. The molecular formula is C40H53ClN4O6S. The third-order valence-corrected chi connectivity index (χ3v) is 14.7. The number of nitrogens with zero attached hydrogens (tertiary/aromatic N) is 3. The van der Waals surface area contributed by atoms with Crippen LogP contribution in [-0.4, -0.2) is 100 Å². The highest BCUT2D eigenvalue weighted by atomic mass is 35.5. The van der Waals surface area contributed by atoms with E-state index in [1.165, 1.54) is 11.1 Å². The van der Waals surface area contributed by atoms with E-state index in [-0.39, 0.29) is 23.3 Å². The number of halogens is 1. The van der Waals surface area contributed by atoms with Crippen LogP contribution in [0.5, 0.6) is 5.75 Å². The van der Waals surface area contributed by atoms with Crippen LogP contribution in [0, 0.1) is 17.8 Å². The number of fused-ring (bicyclic) bond motifs is 4. The molecule has 6 unspecified atom stereocenters. The number of sulfonamides is 1. The van der Waals surface area contributed by atoms with Crippen LogP contribution in [0.4, 0.5) is 5.69 Å². The zero-order chi connectivity index (χ0) is 36.6. The first-order chi connectivity index (χ1) is 24.9. The standard InChI is InChI=1S/C40H53ClN4O6S/c1-27-6-4-8-37(50-21-20-43-16-18-44(19-17-43)29(3)46)34-12-9-32(34)24-45-25-40(15-5-7-30-22-33(41)11-13-35(30)40)26-51-38-14-10-31(23-36(38)45)39(47)42-52(48,49)28(27)2/h4,8,10-11,13-14,22-23,27-28,32,34,37H,5-7,9,12,15-21,24-26H2,1-3H3,(H,42,47)/b8-4+. The van der Waals surface area contributed by atoms with Crippen LogP contribution in [0.3, 0.4) is 0 Å². The van der Waals surface area contributed by atoms with Gasteiger partial charge in [-0.25, -0.2) is 13.1 Å². The molecule has 0 radical (unpaired) electrons. The van der Waals surface area contributed by atoms with Crippen LogP contribution in [0.2, 0.25) is 5.02 Å². The summed E-state index contributed by atoms with van der Waals surface area (Å²) in [5.41, 5.74) is 3.38. The van der Waals surface area contributed by atoms with E-state index >= 15 is 0 Å². The lowest BCUT2D eigenvalue weighted by Gasteiger charge is -2.46. The summed E-state index contributed by atoms with van der Waals surface area (Å²) >= 11 is 6.47. The fourth-order valence-electron chi connectivity index (χ4n) is 8.92. The van der Waals surface area contributed by atoms with Crippen molar-refractivity contribution in [3.05, 3.63) is 70.3 Å². The average Bonchev–Trinajstić information content (AvgIpc) is 3.25. The molecule has 2 aromatic carbocycles. The second-order valence-corrected chi connectivity index (χ2v) is 18.3. The molecule has 6 atom stereocenters. The van der Waals surface area contributed by atoms with E-state index in [4.69, 9.17) is 21.1 Å². The number of allylic oxidation sites excluding steroid dienone is 1. The smallest absolute Gasteiger partial charge is 0.264 e. The zero-order valence-corrected chi connectivity index (χ0v) is 32.3. The summed E-state index contributed by atoms with van der Waals surface area (Å²) in [5, 5.41) is -0.0402. The topological polar surface area (TPSA) is 108 Å². The molecule has 2 fully saturated rings. The molecule has 7 rings (SSSR count). The number of anilines is 1. The molecule has 282 valence electrons. The van der Waals surface area contributed by atoms with Crippen molar-refractivity contribution in [3.63, 3.8) is 0 Å². The minimum absolute atomic E-state index is 0.107. The van der Waals surface area contributed by atoms with E-state index < -0.39 is 21.2 Å². The Labute approximate surface area is 313 Å². The van der Waals surface area contributed by atoms with Crippen molar-refractivity contribution >= 4 is 39.1 Å². The van der Waals surface area contributed by atoms with Gasteiger partial charge >= 0.3 is 0 Å². The molecule has 0 aromatic heterocycles. The first-order valence-corrected chi connectivity index (χ1v) is 21.0. The van der Waals surface area contributed by atoms with E-state index in [1.807, 2.05) is 30.0 Å². The number of nitrogens with one attached hydrogen (secondary N) is 1. The number of carbonyl (C=O) groups excluding carboxylic acids is 2. The number of hydrogen-bond acceptors (Lipinski definition) is 8. The summed E-state index contributed by atoms with van der Waals surface area (Å²) in [7, 11) is -3.95. The second kappa shape index (κ2) is 15.3. The second-order valence-electron chi connectivity index (χ2n) is 15.8. The molecule has 12 heteroatoms. The normalized spacial score (nSPS) is 31.3. The van der Waals surface area contributed by atoms with E-state index in [0.29, 0.717) is 49.3 Å². The molecule has 1 saturated heterocycles. The number of piperazine rings is 1. The lowest BCUT2D eigenvalue weighted by molar-refractivity contribution is -0.130.